The Labute approximate surface area is 83.8 Å². The van der Waals surface area contributed by atoms with E-state index in [0.717, 1.165) is 25.2 Å². The van der Waals surface area contributed by atoms with Gasteiger partial charge in [0.25, 0.3) is 0 Å². The van der Waals surface area contributed by atoms with Gasteiger partial charge in [-0.05, 0) is 37.4 Å². The summed E-state index contributed by atoms with van der Waals surface area (Å²) in [7, 11) is 0. The van der Waals surface area contributed by atoms with Crippen LogP contribution in [-0.4, -0.2) is 18.1 Å². The van der Waals surface area contributed by atoms with Crippen LogP contribution in [0.2, 0.25) is 0 Å². The molecule has 1 aromatic heterocycles. The first-order valence-electron chi connectivity index (χ1n) is 4.88. The van der Waals surface area contributed by atoms with Gasteiger partial charge in [-0.3, -0.25) is 4.98 Å². The van der Waals surface area contributed by atoms with E-state index in [2.05, 4.69) is 16.4 Å². The Balaban J connectivity index is 2.31. The molecule has 0 saturated carbocycles. The van der Waals surface area contributed by atoms with Crippen LogP contribution >= 0.6 is 0 Å². The summed E-state index contributed by atoms with van der Waals surface area (Å²) in [6.45, 7) is 3.95. The van der Waals surface area contributed by atoms with Gasteiger partial charge in [0, 0.05) is 12.7 Å². The second kappa shape index (κ2) is 3.77. The molecule has 1 fully saturated rings. The van der Waals surface area contributed by atoms with E-state index in [0.29, 0.717) is 11.5 Å². The fraction of sp³-hybridized carbons (Fsp3) is 0.455. The summed E-state index contributed by atoms with van der Waals surface area (Å²) in [5.74, 6) is 0.537. The van der Waals surface area contributed by atoms with Gasteiger partial charge >= 0.3 is 0 Å². The summed E-state index contributed by atoms with van der Waals surface area (Å²) < 4.78 is 0. The molecule has 72 valence electrons. The molecule has 14 heavy (non-hydrogen) atoms. The van der Waals surface area contributed by atoms with Crippen molar-refractivity contribution in [1.82, 2.24) is 10.3 Å². The molecule has 3 heteroatoms. The van der Waals surface area contributed by atoms with Crippen molar-refractivity contribution in [1.29, 1.82) is 5.26 Å². The number of aromatic nitrogens is 1. The minimum absolute atomic E-state index is 0.537. The largest absolute Gasteiger partial charge is 0.316 e. The molecule has 1 N–H and O–H groups in total. The molecule has 0 amide bonds. The molecule has 0 radical (unpaired) electrons. The topological polar surface area (TPSA) is 48.7 Å². The molecule has 0 bridgehead atoms. The molecule has 1 saturated heterocycles. The van der Waals surface area contributed by atoms with Crippen molar-refractivity contribution in [2.45, 2.75) is 19.3 Å². The monoisotopic (exact) mass is 187 g/mol. The molecule has 1 aromatic rings. The maximum atomic E-state index is 8.88. The average molecular weight is 187 g/mol. The normalized spacial score (nSPS) is 20.7. The lowest BCUT2D eigenvalue weighted by molar-refractivity contribution is 0.757. The Hall–Kier alpha value is -1.40. The highest BCUT2D eigenvalue weighted by Crippen LogP contribution is 2.22. The van der Waals surface area contributed by atoms with Gasteiger partial charge in [-0.1, -0.05) is 0 Å². The summed E-state index contributed by atoms with van der Waals surface area (Å²) in [4.78, 5) is 4.24. The number of pyridine rings is 1. The Morgan fingerprint density at radius 3 is 3.14 bits per heavy atom. The predicted molar refractivity (Wildman–Crippen MR) is 53.9 cm³/mol. The Morgan fingerprint density at radius 1 is 1.64 bits per heavy atom. The number of nitrogens with zero attached hydrogens (tertiary/aromatic N) is 2. The number of hydrogen-bond donors (Lipinski definition) is 1. The third-order valence-electron chi connectivity index (χ3n) is 2.76. The number of aryl methyl sites for hydroxylation is 1. The van der Waals surface area contributed by atoms with Crippen molar-refractivity contribution in [2.24, 2.45) is 0 Å². The first kappa shape index (κ1) is 9.17. The lowest BCUT2D eigenvalue weighted by atomic mass is 9.98. The zero-order valence-electron chi connectivity index (χ0n) is 8.25. The summed E-state index contributed by atoms with van der Waals surface area (Å²) in [5, 5.41) is 12.2. The van der Waals surface area contributed by atoms with E-state index in [1.165, 1.54) is 5.56 Å². The Bertz CT molecular complexity index is 373. The van der Waals surface area contributed by atoms with Gasteiger partial charge in [0.05, 0.1) is 11.3 Å². The third-order valence-corrected chi connectivity index (χ3v) is 2.76. The summed E-state index contributed by atoms with van der Waals surface area (Å²) in [6.07, 6.45) is 3.05. The number of rotatable bonds is 1. The molecular weight excluding hydrogens is 174 g/mol. The number of nitrogens with one attached hydrogen (secondary N) is 1. The van der Waals surface area contributed by atoms with E-state index in [1.807, 2.05) is 19.2 Å². The quantitative estimate of drug-likeness (QED) is 0.721. The van der Waals surface area contributed by atoms with Crippen molar-refractivity contribution in [3.63, 3.8) is 0 Å². The van der Waals surface area contributed by atoms with Crippen LogP contribution in [0.4, 0.5) is 0 Å². The lowest BCUT2D eigenvalue weighted by Crippen LogP contribution is -2.08. The molecule has 1 aliphatic heterocycles. The van der Waals surface area contributed by atoms with Gasteiger partial charge in [0.15, 0.2) is 0 Å². The third kappa shape index (κ3) is 1.61. The molecular formula is C11H13N3. The molecule has 0 aliphatic carbocycles. The van der Waals surface area contributed by atoms with Crippen molar-refractivity contribution in [3.05, 3.63) is 29.1 Å². The highest BCUT2D eigenvalue weighted by Gasteiger charge is 2.17. The molecule has 1 unspecified atom stereocenters. The van der Waals surface area contributed by atoms with Crippen LogP contribution in [0, 0.1) is 18.3 Å². The minimum Gasteiger partial charge on any atom is -0.316 e. The Kier molecular flexibility index (Phi) is 2.47. The van der Waals surface area contributed by atoms with Crippen molar-refractivity contribution in [3.8, 4) is 6.07 Å². The minimum atomic E-state index is 0.537. The molecule has 0 aromatic carbocycles. The van der Waals surface area contributed by atoms with E-state index in [-0.39, 0.29) is 0 Å². The molecule has 1 atom stereocenters. The van der Waals surface area contributed by atoms with Gasteiger partial charge in [0.1, 0.15) is 6.07 Å². The number of nitriles is 1. The molecule has 3 nitrogen and oxygen atoms in total. The van der Waals surface area contributed by atoms with Gasteiger partial charge in [-0.2, -0.15) is 5.26 Å². The highest BCUT2D eigenvalue weighted by atomic mass is 14.9. The maximum Gasteiger partial charge on any atom is 0.101 e. The molecule has 1 aliphatic rings. The highest BCUT2D eigenvalue weighted by molar-refractivity contribution is 5.36. The fourth-order valence-corrected chi connectivity index (χ4v) is 1.82. The van der Waals surface area contributed by atoms with E-state index in [1.54, 1.807) is 0 Å². The SMILES string of the molecule is Cc1ncc(C2CCNC2)cc1C#N. The summed E-state index contributed by atoms with van der Waals surface area (Å²) in [6, 6.07) is 4.15. The average Bonchev–Trinajstić information content (AvgIpc) is 2.71. The predicted octanol–water partition coefficient (Wildman–Crippen LogP) is 1.34. The van der Waals surface area contributed by atoms with Gasteiger partial charge in [-0.25, -0.2) is 0 Å². The van der Waals surface area contributed by atoms with Crippen molar-refractivity contribution < 1.29 is 0 Å². The van der Waals surface area contributed by atoms with Crippen molar-refractivity contribution in [2.75, 3.05) is 13.1 Å². The van der Waals surface area contributed by atoms with Crippen LogP contribution in [-0.2, 0) is 0 Å². The van der Waals surface area contributed by atoms with E-state index < -0.39 is 0 Å². The van der Waals surface area contributed by atoms with Gasteiger partial charge < -0.3 is 5.32 Å². The zero-order chi connectivity index (χ0) is 9.97. The standard InChI is InChI=1S/C11H13N3/c1-8-10(5-12)4-11(7-14-8)9-2-3-13-6-9/h4,7,9,13H,2-3,6H2,1H3. The zero-order valence-corrected chi connectivity index (χ0v) is 8.25. The molecule has 0 spiro atoms. The van der Waals surface area contributed by atoms with Gasteiger partial charge in [0.2, 0.25) is 0 Å². The van der Waals surface area contributed by atoms with E-state index in [4.69, 9.17) is 5.26 Å². The first-order chi connectivity index (χ1) is 6.81. The van der Waals surface area contributed by atoms with Crippen LogP contribution in [0.5, 0.6) is 0 Å². The van der Waals surface area contributed by atoms with Crippen LogP contribution in [0.1, 0.15) is 29.2 Å². The van der Waals surface area contributed by atoms with Crippen LogP contribution in [0.25, 0.3) is 0 Å². The lowest BCUT2D eigenvalue weighted by Gasteiger charge is -2.08. The van der Waals surface area contributed by atoms with E-state index in [9.17, 15) is 0 Å². The fourth-order valence-electron chi connectivity index (χ4n) is 1.82. The van der Waals surface area contributed by atoms with E-state index >= 15 is 0 Å². The number of hydrogen-bond acceptors (Lipinski definition) is 3. The van der Waals surface area contributed by atoms with Crippen LogP contribution in [0.3, 0.4) is 0 Å². The first-order valence-corrected chi connectivity index (χ1v) is 4.88. The maximum absolute atomic E-state index is 8.88. The van der Waals surface area contributed by atoms with Crippen molar-refractivity contribution >= 4 is 0 Å². The molecule has 2 heterocycles. The van der Waals surface area contributed by atoms with Crippen LogP contribution in [0.15, 0.2) is 12.3 Å². The second-order valence-electron chi connectivity index (χ2n) is 3.70. The summed E-state index contributed by atoms with van der Waals surface area (Å²) >= 11 is 0. The smallest absolute Gasteiger partial charge is 0.101 e. The van der Waals surface area contributed by atoms with Crippen LogP contribution < -0.4 is 5.32 Å². The summed E-state index contributed by atoms with van der Waals surface area (Å²) in [5.41, 5.74) is 2.72. The second-order valence-corrected chi connectivity index (χ2v) is 3.70. The van der Waals surface area contributed by atoms with Gasteiger partial charge in [-0.15, -0.1) is 0 Å². The Morgan fingerprint density at radius 2 is 2.50 bits per heavy atom. The molecule has 2 rings (SSSR count).